The average molecular weight is 348 g/mol. The summed E-state index contributed by atoms with van der Waals surface area (Å²) < 4.78 is 5.51. The van der Waals surface area contributed by atoms with Gasteiger partial charge in [0, 0.05) is 42.1 Å². The molecule has 1 fully saturated rings. The first-order valence-electron chi connectivity index (χ1n) is 9.11. The van der Waals surface area contributed by atoms with Crippen LogP contribution in [-0.4, -0.2) is 36.2 Å². The van der Waals surface area contributed by atoms with E-state index in [1.807, 2.05) is 37.4 Å². The summed E-state index contributed by atoms with van der Waals surface area (Å²) in [5, 5.41) is 4.79. The number of anilines is 2. The van der Waals surface area contributed by atoms with E-state index in [0.717, 1.165) is 54.1 Å². The largest absolute Gasteiger partial charge is 0.495 e. The molecule has 0 bridgehead atoms. The van der Waals surface area contributed by atoms with Crippen molar-refractivity contribution in [3.05, 3.63) is 54.4 Å². The van der Waals surface area contributed by atoms with E-state index in [9.17, 15) is 0 Å². The van der Waals surface area contributed by atoms with Gasteiger partial charge >= 0.3 is 0 Å². The lowest BCUT2D eigenvalue weighted by Gasteiger charge is -2.35. The molecule has 3 aromatic rings. The van der Waals surface area contributed by atoms with Crippen molar-refractivity contribution in [1.29, 1.82) is 0 Å². The molecule has 0 amide bonds. The second-order valence-corrected chi connectivity index (χ2v) is 6.76. The summed E-state index contributed by atoms with van der Waals surface area (Å²) in [4.78, 5) is 11.3. The summed E-state index contributed by atoms with van der Waals surface area (Å²) in [5.74, 6) is 0.945. The summed E-state index contributed by atoms with van der Waals surface area (Å²) in [7, 11) is 1.73. The van der Waals surface area contributed by atoms with Crippen molar-refractivity contribution in [1.82, 2.24) is 9.97 Å². The van der Waals surface area contributed by atoms with E-state index in [1.54, 1.807) is 7.11 Å². The Balaban J connectivity index is 1.46. The Kier molecular flexibility index (Phi) is 4.61. The minimum absolute atomic E-state index is 0.452. The highest BCUT2D eigenvalue weighted by atomic mass is 16.5. The number of para-hydroxylation sites is 2. The normalized spacial score (nSPS) is 15.2. The molecule has 134 valence electrons. The zero-order valence-electron chi connectivity index (χ0n) is 15.3. The van der Waals surface area contributed by atoms with Crippen molar-refractivity contribution in [2.45, 2.75) is 25.8 Å². The molecule has 1 aromatic carbocycles. The van der Waals surface area contributed by atoms with Gasteiger partial charge in [-0.2, -0.15) is 0 Å². The second kappa shape index (κ2) is 7.20. The molecule has 1 N–H and O–H groups in total. The van der Waals surface area contributed by atoms with Gasteiger partial charge in [-0.3, -0.25) is 0 Å². The number of hydrogen-bond donors (Lipinski definition) is 1. The quantitative estimate of drug-likeness (QED) is 0.771. The average Bonchev–Trinajstić information content (AvgIpc) is 2.68. The third-order valence-corrected chi connectivity index (χ3v) is 5.02. The van der Waals surface area contributed by atoms with Crippen molar-refractivity contribution >= 4 is 22.4 Å². The summed E-state index contributed by atoms with van der Waals surface area (Å²) in [6.07, 6.45) is 4.00. The number of ether oxygens (including phenoxy) is 1. The van der Waals surface area contributed by atoms with Crippen LogP contribution in [0.2, 0.25) is 0 Å². The topological polar surface area (TPSA) is 50.3 Å². The highest BCUT2D eigenvalue weighted by molar-refractivity contribution is 5.88. The highest BCUT2D eigenvalue weighted by Gasteiger charge is 2.21. The first-order chi connectivity index (χ1) is 12.7. The predicted octanol–water partition coefficient (Wildman–Crippen LogP) is 4.03. The molecule has 0 spiro atoms. The standard InChI is InChI=1S/C21H24N4O/c1-15-7-8-17-18(9-12-22-21(17)23-15)24-16-10-13-25(14-11-16)19-5-3-4-6-20(19)26-2/h3-9,12,16H,10-11,13-14H2,1-2H3,(H,22,23,24). The van der Waals surface area contributed by atoms with Crippen molar-refractivity contribution in [3.8, 4) is 5.75 Å². The molecule has 1 aliphatic rings. The molecule has 0 unspecified atom stereocenters. The number of nitrogens with one attached hydrogen (secondary N) is 1. The number of aryl methyl sites for hydroxylation is 1. The number of pyridine rings is 2. The summed E-state index contributed by atoms with van der Waals surface area (Å²) in [6, 6.07) is 14.9. The predicted molar refractivity (Wildman–Crippen MR) is 106 cm³/mol. The Morgan fingerprint density at radius 1 is 1.08 bits per heavy atom. The van der Waals surface area contributed by atoms with Crippen LogP contribution < -0.4 is 15.0 Å². The Morgan fingerprint density at radius 3 is 2.69 bits per heavy atom. The summed E-state index contributed by atoms with van der Waals surface area (Å²) >= 11 is 0. The van der Waals surface area contributed by atoms with E-state index in [2.05, 4.69) is 38.4 Å². The van der Waals surface area contributed by atoms with E-state index in [-0.39, 0.29) is 0 Å². The van der Waals surface area contributed by atoms with E-state index in [0.29, 0.717) is 6.04 Å². The monoisotopic (exact) mass is 348 g/mol. The molecular formula is C21H24N4O. The van der Waals surface area contributed by atoms with Crippen LogP contribution in [0.1, 0.15) is 18.5 Å². The zero-order valence-corrected chi connectivity index (χ0v) is 15.3. The maximum absolute atomic E-state index is 5.51. The number of fused-ring (bicyclic) bond motifs is 1. The minimum Gasteiger partial charge on any atom is -0.495 e. The number of hydrogen-bond acceptors (Lipinski definition) is 5. The first-order valence-corrected chi connectivity index (χ1v) is 9.11. The van der Waals surface area contributed by atoms with E-state index < -0.39 is 0 Å². The molecule has 1 aliphatic heterocycles. The van der Waals surface area contributed by atoms with Gasteiger partial charge in [0.15, 0.2) is 5.65 Å². The van der Waals surface area contributed by atoms with Crippen LogP contribution in [0.25, 0.3) is 11.0 Å². The van der Waals surface area contributed by atoms with Crippen molar-refractivity contribution in [2.24, 2.45) is 0 Å². The SMILES string of the molecule is COc1ccccc1N1CCC(Nc2ccnc3nc(C)ccc23)CC1. The third kappa shape index (κ3) is 3.29. The molecule has 0 atom stereocenters. The van der Waals surface area contributed by atoms with Gasteiger partial charge in [0.05, 0.1) is 12.8 Å². The summed E-state index contributed by atoms with van der Waals surface area (Å²) in [6.45, 7) is 4.02. The number of piperidine rings is 1. The fourth-order valence-electron chi connectivity index (χ4n) is 3.63. The highest BCUT2D eigenvalue weighted by Crippen LogP contribution is 2.31. The van der Waals surface area contributed by atoms with E-state index in [1.165, 1.54) is 5.69 Å². The molecule has 5 heteroatoms. The van der Waals surface area contributed by atoms with Gasteiger partial charge in [0.2, 0.25) is 0 Å². The maximum atomic E-state index is 5.51. The molecule has 0 aliphatic carbocycles. The Hall–Kier alpha value is -2.82. The maximum Gasteiger partial charge on any atom is 0.161 e. The number of rotatable bonds is 4. The van der Waals surface area contributed by atoms with Crippen LogP contribution in [0.5, 0.6) is 5.75 Å². The van der Waals surface area contributed by atoms with Crippen molar-refractivity contribution < 1.29 is 4.74 Å². The lowest BCUT2D eigenvalue weighted by molar-refractivity contribution is 0.411. The van der Waals surface area contributed by atoms with Gasteiger partial charge in [-0.15, -0.1) is 0 Å². The van der Waals surface area contributed by atoms with E-state index >= 15 is 0 Å². The van der Waals surface area contributed by atoms with Crippen LogP contribution in [0.3, 0.4) is 0 Å². The molecule has 3 heterocycles. The van der Waals surface area contributed by atoms with Crippen molar-refractivity contribution in [2.75, 3.05) is 30.4 Å². The van der Waals surface area contributed by atoms with Gasteiger partial charge in [-0.25, -0.2) is 9.97 Å². The number of nitrogens with zero attached hydrogens (tertiary/aromatic N) is 3. The van der Waals surface area contributed by atoms with Crippen LogP contribution in [0.4, 0.5) is 11.4 Å². The lowest BCUT2D eigenvalue weighted by Crippen LogP contribution is -2.39. The molecular weight excluding hydrogens is 324 g/mol. The van der Waals surface area contributed by atoms with Crippen LogP contribution in [-0.2, 0) is 0 Å². The first kappa shape index (κ1) is 16.6. The fourth-order valence-corrected chi connectivity index (χ4v) is 3.63. The smallest absolute Gasteiger partial charge is 0.161 e. The summed E-state index contributed by atoms with van der Waals surface area (Å²) in [5.41, 5.74) is 4.11. The molecule has 2 aromatic heterocycles. The molecule has 0 saturated carbocycles. The zero-order chi connectivity index (χ0) is 17.9. The van der Waals surface area contributed by atoms with Gasteiger partial charge < -0.3 is 15.0 Å². The third-order valence-electron chi connectivity index (χ3n) is 5.02. The number of methoxy groups -OCH3 is 1. The van der Waals surface area contributed by atoms with Crippen LogP contribution >= 0.6 is 0 Å². The van der Waals surface area contributed by atoms with Gasteiger partial charge in [-0.05, 0) is 50.1 Å². The van der Waals surface area contributed by atoms with Gasteiger partial charge in [-0.1, -0.05) is 12.1 Å². The fraction of sp³-hybridized carbons (Fsp3) is 0.333. The molecule has 0 radical (unpaired) electrons. The minimum atomic E-state index is 0.452. The van der Waals surface area contributed by atoms with Crippen LogP contribution in [0.15, 0.2) is 48.7 Å². The van der Waals surface area contributed by atoms with Crippen molar-refractivity contribution in [3.63, 3.8) is 0 Å². The second-order valence-electron chi connectivity index (χ2n) is 6.76. The molecule has 4 rings (SSSR count). The molecule has 5 nitrogen and oxygen atoms in total. The Bertz CT molecular complexity index is 903. The van der Waals surface area contributed by atoms with Gasteiger partial charge in [0.25, 0.3) is 0 Å². The lowest BCUT2D eigenvalue weighted by atomic mass is 10.0. The van der Waals surface area contributed by atoms with Crippen LogP contribution in [0, 0.1) is 6.92 Å². The van der Waals surface area contributed by atoms with Gasteiger partial charge in [0.1, 0.15) is 5.75 Å². The Morgan fingerprint density at radius 2 is 1.88 bits per heavy atom. The van der Waals surface area contributed by atoms with E-state index in [4.69, 9.17) is 4.74 Å². The molecule has 26 heavy (non-hydrogen) atoms. The molecule has 1 saturated heterocycles. The number of aromatic nitrogens is 2. The Labute approximate surface area is 154 Å². The number of benzene rings is 1.